The first-order chi connectivity index (χ1) is 11.3. The first-order valence-corrected chi connectivity index (χ1v) is 9.72. The van der Waals surface area contributed by atoms with Crippen LogP contribution in [0.2, 0.25) is 0 Å². The minimum absolute atomic E-state index is 0.201. The van der Waals surface area contributed by atoms with E-state index < -0.39 is 5.60 Å². The van der Waals surface area contributed by atoms with Crippen LogP contribution < -0.4 is 0 Å². The van der Waals surface area contributed by atoms with Crippen LogP contribution in [-0.2, 0) is 4.74 Å². The number of carbonyl (C=O) groups is 1. The Morgan fingerprint density at radius 3 is 2.33 bits per heavy atom. The Kier molecular flexibility index (Phi) is 7.35. The van der Waals surface area contributed by atoms with Gasteiger partial charge in [-0.15, -0.1) is 0 Å². The fourth-order valence-electron chi connectivity index (χ4n) is 3.77. The molecule has 0 saturated carbocycles. The van der Waals surface area contributed by atoms with E-state index in [-0.39, 0.29) is 6.09 Å². The molecule has 5 heteroatoms. The second-order valence-corrected chi connectivity index (χ2v) is 8.57. The van der Waals surface area contributed by atoms with Crippen LogP contribution in [0.25, 0.3) is 0 Å². The summed E-state index contributed by atoms with van der Waals surface area (Å²) >= 11 is 0. The molecule has 0 aromatic heterocycles. The third-order valence-corrected chi connectivity index (χ3v) is 5.02. The monoisotopic (exact) mass is 339 g/mol. The molecule has 0 aromatic rings. The van der Waals surface area contributed by atoms with Crippen molar-refractivity contribution in [2.24, 2.45) is 5.92 Å². The average molecular weight is 340 g/mol. The molecule has 0 radical (unpaired) electrons. The molecule has 24 heavy (non-hydrogen) atoms. The zero-order chi connectivity index (χ0) is 17.6. The highest BCUT2D eigenvalue weighted by atomic mass is 16.6. The van der Waals surface area contributed by atoms with Crippen molar-refractivity contribution in [2.45, 2.75) is 58.5 Å². The number of amides is 1. The van der Waals surface area contributed by atoms with Crippen LogP contribution in [0, 0.1) is 5.92 Å². The minimum atomic E-state index is -0.418. The van der Waals surface area contributed by atoms with Gasteiger partial charge in [-0.1, -0.05) is 6.42 Å². The molecule has 0 N–H and O–H groups in total. The van der Waals surface area contributed by atoms with Crippen molar-refractivity contribution in [3.8, 4) is 0 Å². The Balaban J connectivity index is 1.70. The van der Waals surface area contributed by atoms with Gasteiger partial charge < -0.3 is 19.4 Å². The van der Waals surface area contributed by atoms with Crippen LogP contribution in [0.1, 0.15) is 52.9 Å². The van der Waals surface area contributed by atoms with Crippen molar-refractivity contribution < 1.29 is 9.53 Å². The predicted octanol–water partition coefficient (Wildman–Crippen LogP) is 3.05. The maximum absolute atomic E-state index is 12.1. The van der Waals surface area contributed by atoms with Gasteiger partial charge in [0.15, 0.2) is 0 Å². The average Bonchev–Trinajstić information content (AvgIpc) is 2.53. The highest BCUT2D eigenvalue weighted by molar-refractivity contribution is 5.67. The quantitative estimate of drug-likeness (QED) is 0.771. The fourth-order valence-corrected chi connectivity index (χ4v) is 3.77. The maximum atomic E-state index is 12.1. The van der Waals surface area contributed by atoms with E-state index in [0.717, 1.165) is 13.1 Å². The molecule has 5 nitrogen and oxygen atoms in total. The van der Waals surface area contributed by atoms with Gasteiger partial charge in [-0.3, -0.25) is 0 Å². The van der Waals surface area contributed by atoms with Gasteiger partial charge in [0.1, 0.15) is 5.60 Å². The normalized spacial score (nSPS) is 23.9. The molecule has 0 bridgehead atoms. The molecule has 2 fully saturated rings. The van der Waals surface area contributed by atoms with Crippen molar-refractivity contribution in [3.05, 3.63) is 0 Å². The molecule has 2 saturated heterocycles. The van der Waals surface area contributed by atoms with E-state index in [1.807, 2.05) is 27.8 Å². The summed E-state index contributed by atoms with van der Waals surface area (Å²) < 4.78 is 5.46. The Morgan fingerprint density at radius 2 is 1.67 bits per heavy atom. The van der Waals surface area contributed by atoms with E-state index in [4.69, 9.17) is 4.74 Å². The molecule has 2 aliphatic heterocycles. The molecule has 140 valence electrons. The van der Waals surface area contributed by atoms with Crippen LogP contribution >= 0.6 is 0 Å². The van der Waals surface area contributed by atoms with Crippen LogP contribution in [0.15, 0.2) is 0 Å². The van der Waals surface area contributed by atoms with E-state index in [2.05, 4.69) is 9.80 Å². The molecule has 0 aliphatic carbocycles. The summed E-state index contributed by atoms with van der Waals surface area (Å²) in [5, 5.41) is 0. The molecule has 0 aromatic carbocycles. The van der Waals surface area contributed by atoms with E-state index >= 15 is 0 Å². The van der Waals surface area contributed by atoms with Crippen molar-refractivity contribution in [3.63, 3.8) is 0 Å². The van der Waals surface area contributed by atoms with Crippen LogP contribution in [0.5, 0.6) is 0 Å². The van der Waals surface area contributed by atoms with Crippen LogP contribution in [0.3, 0.4) is 0 Å². The second kappa shape index (κ2) is 9.04. The summed E-state index contributed by atoms with van der Waals surface area (Å²) in [5.41, 5.74) is -0.418. The van der Waals surface area contributed by atoms with E-state index in [9.17, 15) is 4.79 Å². The van der Waals surface area contributed by atoms with Crippen molar-refractivity contribution in [1.82, 2.24) is 14.7 Å². The highest BCUT2D eigenvalue weighted by Gasteiger charge is 2.25. The van der Waals surface area contributed by atoms with Gasteiger partial charge in [0.05, 0.1) is 0 Å². The van der Waals surface area contributed by atoms with Gasteiger partial charge in [0.2, 0.25) is 0 Å². The first kappa shape index (κ1) is 19.5. The predicted molar refractivity (Wildman–Crippen MR) is 98.3 cm³/mol. The molecule has 1 amide bonds. The van der Waals surface area contributed by atoms with Gasteiger partial charge in [0, 0.05) is 33.2 Å². The molecule has 2 rings (SSSR count). The molecule has 1 unspecified atom stereocenters. The Labute approximate surface area is 148 Å². The van der Waals surface area contributed by atoms with Crippen molar-refractivity contribution in [1.29, 1.82) is 0 Å². The van der Waals surface area contributed by atoms with Crippen LogP contribution in [0.4, 0.5) is 4.79 Å². The molecule has 2 aliphatic rings. The van der Waals surface area contributed by atoms with E-state index in [0.29, 0.717) is 5.92 Å². The smallest absolute Gasteiger partial charge is 0.410 e. The van der Waals surface area contributed by atoms with Crippen LogP contribution in [-0.4, -0.2) is 79.3 Å². The van der Waals surface area contributed by atoms with Gasteiger partial charge in [-0.2, -0.15) is 0 Å². The molecular formula is C19H37N3O2. The number of nitrogens with zero attached hydrogens (tertiary/aromatic N) is 3. The minimum Gasteiger partial charge on any atom is -0.444 e. The Morgan fingerprint density at radius 1 is 1.04 bits per heavy atom. The Hall–Kier alpha value is -0.810. The summed E-state index contributed by atoms with van der Waals surface area (Å²) in [7, 11) is 1.86. The number of likely N-dealkylation sites (tertiary alicyclic amines) is 2. The number of hydrogen-bond donors (Lipinski definition) is 0. The lowest BCUT2D eigenvalue weighted by Gasteiger charge is -2.36. The molecule has 2 heterocycles. The maximum Gasteiger partial charge on any atom is 0.410 e. The number of piperidine rings is 2. The van der Waals surface area contributed by atoms with Gasteiger partial charge >= 0.3 is 6.09 Å². The number of carbonyl (C=O) groups excluding carboxylic acids is 1. The summed E-state index contributed by atoms with van der Waals surface area (Å²) in [4.78, 5) is 19.1. The summed E-state index contributed by atoms with van der Waals surface area (Å²) in [6.45, 7) is 13.8. The topological polar surface area (TPSA) is 36.0 Å². The zero-order valence-electron chi connectivity index (χ0n) is 16.2. The van der Waals surface area contributed by atoms with E-state index in [1.165, 1.54) is 64.8 Å². The lowest BCUT2D eigenvalue weighted by molar-refractivity contribution is 0.0241. The number of rotatable bonds is 5. The third-order valence-electron chi connectivity index (χ3n) is 5.02. The zero-order valence-corrected chi connectivity index (χ0v) is 16.2. The SMILES string of the molecule is CN(CC1CCCN(CCN2CCCCC2)C1)C(=O)OC(C)(C)C. The summed E-state index contributed by atoms with van der Waals surface area (Å²) in [6.07, 6.45) is 6.39. The summed E-state index contributed by atoms with van der Waals surface area (Å²) in [5.74, 6) is 0.567. The molecule has 1 atom stereocenters. The summed E-state index contributed by atoms with van der Waals surface area (Å²) in [6, 6.07) is 0. The lowest BCUT2D eigenvalue weighted by atomic mass is 9.97. The van der Waals surface area contributed by atoms with Crippen molar-refractivity contribution >= 4 is 6.09 Å². The molecule has 0 spiro atoms. The Bertz CT molecular complexity index is 389. The first-order valence-electron chi connectivity index (χ1n) is 9.72. The van der Waals surface area contributed by atoms with Crippen molar-refractivity contribution in [2.75, 3.05) is 52.9 Å². The fraction of sp³-hybridized carbons (Fsp3) is 0.947. The molecular weight excluding hydrogens is 302 g/mol. The third kappa shape index (κ3) is 6.98. The van der Waals surface area contributed by atoms with Gasteiger partial charge in [0.25, 0.3) is 0 Å². The number of ether oxygens (including phenoxy) is 1. The standard InChI is InChI=1S/C19H37N3O2/c1-19(2,3)24-18(23)20(4)15-17-9-8-12-22(16-17)14-13-21-10-6-5-7-11-21/h17H,5-16H2,1-4H3. The van der Waals surface area contributed by atoms with Gasteiger partial charge in [-0.25, -0.2) is 4.79 Å². The highest BCUT2D eigenvalue weighted by Crippen LogP contribution is 2.19. The largest absolute Gasteiger partial charge is 0.444 e. The number of hydrogen-bond acceptors (Lipinski definition) is 4. The van der Waals surface area contributed by atoms with E-state index in [1.54, 1.807) is 4.90 Å². The lowest BCUT2D eigenvalue weighted by Crippen LogP contribution is -2.45. The van der Waals surface area contributed by atoms with Gasteiger partial charge in [-0.05, 0) is 72.0 Å². The second-order valence-electron chi connectivity index (χ2n) is 8.57.